The zero-order valence-electron chi connectivity index (χ0n) is 10.5. The molecule has 0 atom stereocenters. The minimum Gasteiger partial charge on any atom is -0.394 e. The third-order valence-corrected chi connectivity index (χ3v) is 3.70. The zero-order valence-corrected chi connectivity index (χ0v) is 11.3. The van der Waals surface area contributed by atoms with Crippen LogP contribution in [0.25, 0.3) is 0 Å². The Balaban J connectivity index is 2.66. The second-order valence-electron chi connectivity index (χ2n) is 4.59. The predicted octanol–water partition coefficient (Wildman–Crippen LogP) is 1.29. The summed E-state index contributed by atoms with van der Waals surface area (Å²) in [6.45, 7) is 4.83. The molecule has 0 saturated carbocycles. The van der Waals surface area contributed by atoms with Gasteiger partial charge in [0, 0.05) is 27.9 Å². The van der Waals surface area contributed by atoms with E-state index < -0.39 is 0 Å². The van der Waals surface area contributed by atoms with Crippen LogP contribution in [0.1, 0.15) is 24.3 Å². The fourth-order valence-corrected chi connectivity index (χ4v) is 2.11. The standard InChI is InChI=1S/C13H19NO2S/c1-13(2,10-16)14(3)8-12-7-11(9-17-12)5-4-6-15/h7,9,15-16H,6,8,10H2,1-3H3. The van der Waals surface area contributed by atoms with Crippen molar-refractivity contribution in [3.8, 4) is 11.8 Å². The normalized spacial score (nSPS) is 11.4. The highest BCUT2D eigenvalue weighted by molar-refractivity contribution is 7.10. The van der Waals surface area contributed by atoms with Crippen LogP contribution >= 0.6 is 11.3 Å². The number of likely N-dealkylation sites (N-methyl/N-ethyl adjacent to an activating group) is 1. The number of aliphatic hydroxyl groups is 2. The summed E-state index contributed by atoms with van der Waals surface area (Å²) in [5.41, 5.74) is 0.718. The van der Waals surface area contributed by atoms with E-state index in [1.807, 2.05) is 32.3 Å². The molecule has 0 bridgehead atoms. The van der Waals surface area contributed by atoms with E-state index in [1.165, 1.54) is 4.88 Å². The second-order valence-corrected chi connectivity index (χ2v) is 5.58. The van der Waals surface area contributed by atoms with Gasteiger partial charge < -0.3 is 10.2 Å². The van der Waals surface area contributed by atoms with Gasteiger partial charge in [0.1, 0.15) is 6.61 Å². The average molecular weight is 253 g/mol. The van der Waals surface area contributed by atoms with Crippen LogP contribution in [0.5, 0.6) is 0 Å². The molecule has 0 aliphatic rings. The fourth-order valence-electron chi connectivity index (χ4n) is 1.24. The molecular formula is C13H19NO2S. The SMILES string of the molecule is CN(Cc1cc(C#CCO)cs1)C(C)(C)CO. The van der Waals surface area contributed by atoms with Crippen LogP contribution in [0, 0.1) is 11.8 Å². The molecule has 1 heterocycles. The molecule has 1 rings (SSSR count). The van der Waals surface area contributed by atoms with Crippen molar-refractivity contribution in [1.82, 2.24) is 4.90 Å². The minimum atomic E-state index is -0.221. The summed E-state index contributed by atoms with van der Waals surface area (Å²) in [5.74, 6) is 5.51. The fraction of sp³-hybridized carbons (Fsp3) is 0.538. The smallest absolute Gasteiger partial charge is 0.104 e. The van der Waals surface area contributed by atoms with E-state index in [1.54, 1.807) is 11.3 Å². The maximum Gasteiger partial charge on any atom is 0.104 e. The Labute approximate surface area is 107 Å². The highest BCUT2D eigenvalue weighted by Gasteiger charge is 2.22. The van der Waals surface area contributed by atoms with Crippen LogP contribution in [-0.2, 0) is 6.54 Å². The van der Waals surface area contributed by atoms with Gasteiger partial charge in [0.25, 0.3) is 0 Å². The number of hydrogen-bond donors (Lipinski definition) is 2. The number of hydrogen-bond acceptors (Lipinski definition) is 4. The largest absolute Gasteiger partial charge is 0.394 e. The van der Waals surface area contributed by atoms with E-state index in [9.17, 15) is 5.11 Å². The molecule has 0 unspecified atom stereocenters. The topological polar surface area (TPSA) is 43.7 Å². The van der Waals surface area contributed by atoms with Gasteiger partial charge in [-0.3, -0.25) is 4.90 Å². The van der Waals surface area contributed by atoms with E-state index in [-0.39, 0.29) is 18.8 Å². The first kappa shape index (κ1) is 14.2. The summed E-state index contributed by atoms with van der Waals surface area (Å²) in [6, 6.07) is 2.03. The van der Waals surface area contributed by atoms with Gasteiger partial charge in [-0.15, -0.1) is 11.3 Å². The Hall–Kier alpha value is -0.860. The maximum absolute atomic E-state index is 9.28. The van der Waals surface area contributed by atoms with Crippen molar-refractivity contribution in [2.24, 2.45) is 0 Å². The lowest BCUT2D eigenvalue weighted by molar-refractivity contribution is 0.0741. The minimum absolute atomic E-state index is 0.109. The van der Waals surface area contributed by atoms with E-state index in [4.69, 9.17) is 5.11 Å². The summed E-state index contributed by atoms with van der Waals surface area (Å²) >= 11 is 1.65. The molecule has 0 aliphatic carbocycles. The summed E-state index contributed by atoms with van der Waals surface area (Å²) < 4.78 is 0. The molecule has 1 aromatic heterocycles. The van der Waals surface area contributed by atoms with Crippen molar-refractivity contribution in [1.29, 1.82) is 0 Å². The van der Waals surface area contributed by atoms with Gasteiger partial charge in [0.15, 0.2) is 0 Å². The molecule has 0 aromatic carbocycles. The highest BCUT2D eigenvalue weighted by atomic mass is 32.1. The monoisotopic (exact) mass is 253 g/mol. The van der Waals surface area contributed by atoms with Crippen molar-refractivity contribution in [2.75, 3.05) is 20.3 Å². The molecule has 1 aromatic rings. The van der Waals surface area contributed by atoms with Gasteiger partial charge >= 0.3 is 0 Å². The van der Waals surface area contributed by atoms with Crippen molar-refractivity contribution in [3.05, 3.63) is 21.9 Å². The Kier molecular flexibility index (Phi) is 5.16. The summed E-state index contributed by atoms with van der Waals surface area (Å²) in [4.78, 5) is 3.32. The molecule has 0 aliphatic heterocycles. The second kappa shape index (κ2) is 6.18. The van der Waals surface area contributed by atoms with E-state index >= 15 is 0 Å². The Bertz CT molecular complexity index is 415. The Morgan fingerprint density at radius 1 is 1.41 bits per heavy atom. The molecule has 0 radical (unpaired) electrons. The third-order valence-electron chi connectivity index (χ3n) is 2.78. The van der Waals surface area contributed by atoms with Crippen LogP contribution in [0.4, 0.5) is 0 Å². The quantitative estimate of drug-likeness (QED) is 0.795. The molecule has 2 N–H and O–H groups in total. The molecule has 0 fully saturated rings. The van der Waals surface area contributed by atoms with E-state index in [0.29, 0.717) is 0 Å². The summed E-state index contributed by atoms with van der Waals surface area (Å²) in [5, 5.41) is 19.9. The average Bonchev–Trinajstić information content (AvgIpc) is 2.74. The molecule has 94 valence electrons. The van der Waals surface area contributed by atoms with Crippen LogP contribution in [0.15, 0.2) is 11.4 Å². The van der Waals surface area contributed by atoms with Crippen molar-refractivity contribution in [2.45, 2.75) is 25.9 Å². The first-order valence-electron chi connectivity index (χ1n) is 5.49. The van der Waals surface area contributed by atoms with Gasteiger partial charge in [0.2, 0.25) is 0 Å². The molecule has 4 heteroatoms. The number of rotatable bonds is 4. The zero-order chi connectivity index (χ0) is 12.9. The molecule has 17 heavy (non-hydrogen) atoms. The Morgan fingerprint density at radius 3 is 2.71 bits per heavy atom. The van der Waals surface area contributed by atoms with Gasteiger partial charge in [-0.05, 0) is 27.0 Å². The van der Waals surface area contributed by atoms with E-state index in [0.717, 1.165) is 12.1 Å². The lowest BCUT2D eigenvalue weighted by atomic mass is 10.1. The first-order chi connectivity index (χ1) is 7.99. The molecule has 0 saturated heterocycles. The van der Waals surface area contributed by atoms with Crippen LogP contribution < -0.4 is 0 Å². The summed E-state index contributed by atoms with van der Waals surface area (Å²) in [7, 11) is 2.00. The lowest BCUT2D eigenvalue weighted by Gasteiger charge is -2.33. The van der Waals surface area contributed by atoms with Gasteiger partial charge in [0.05, 0.1) is 6.61 Å². The van der Waals surface area contributed by atoms with Crippen molar-refractivity contribution >= 4 is 11.3 Å². The van der Waals surface area contributed by atoms with Crippen molar-refractivity contribution in [3.63, 3.8) is 0 Å². The lowest BCUT2D eigenvalue weighted by Crippen LogP contribution is -2.43. The first-order valence-corrected chi connectivity index (χ1v) is 6.37. The Morgan fingerprint density at radius 2 is 2.12 bits per heavy atom. The van der Waals surface area contributed by atoms with Crippen LogP contribution in [0.2, 0.25) is 0 Å². The maximum atomic E-state index is 9.28. The molecule has 0 amide bonds. The predicted molar refractivity (Wildman–Crippen MR) is 70.9 cm³/mol. The van der Waals surface area contributed by atoms with Gasteiger partial charge in [-0.25, -0.2) is 0 Å². The summed E-state index contributed by atoms with van der Waals surface area (Å²) in [6.07, 6.45) is 0. The van der Waals surface area contributed by atoms with Crippen molar-refractivity contribution < 1.29 is 10.2 Å². The molecule has 0 spiro atoms. The van der Waals surface area contributed by atoms with Gasteiger partial charge in [-0.1, -0.05) is 11.8 Å². The highest BCUT2D eigenvalue weighted by Crippen LogP contribution is 2.20. The molecular weight excluding hydrogens is 234 g/mol. The van der Waals surface area contributed by atoms with Crippen LogP contribution in [0.3, 0.4) is 0 Å². The third kappa shape index (κ3) is 4.14. The van der Waals surface area contributed by atoms with Gasteiger partial charge in [-0.2, -0.15) is 0 Å². The number of aliphatic hydroxyl groups excluding tert-OH is 2. The number of thiophene rings is 1. The van der Waals surface area contributed by atoms with E-state index in [2.05, 4.69) is 16.7 Å². The number of nitrogens with zero attached hydrogens (tertiary/aromatic N) is 1. The molecule has 3 nitrogen and oxygen atoms in total. The van der Waals surface area contributed by atoms with Crippen LogP contribution in [-0.4, -0.2) is 40.9 Å².